The molecule has 1 fully saturated rings. The van der Waals surface area contributed by atoms with Gasteiger partial charge < -0.3 is 26.7 Å². The first-order valence-electron chi connectivity index (χ1n) is 3.40. The summed E-state index contributed by atoms with van der Waals surface area (Å²) in [5, 5.41) is 0. The van der Waals surface area contributed by atoms with Crippen LogP contribution in [0.2, 0.25) is 19.6 Å². The fourth-order valence-electron chi connectivity index (χ4n) is 1.12. The predicted molar refractivity (Wildman–Crippen MR) is 44.8 cm³/mol. The molecule has 0 atom stereocenters. The summed E-state index contributed by atoms with van der Waals surface area (Å²) in [5.41, 5.74) is 0. The van der Waals surface area contributed by atoms with Gasteiger partial charge in [-0.3, -0.25) is 0 Å². The molecule has 0 aromatic rings. The normalized spacial score (nSPS) is 55.5. The topological polar surface area (TPSA) is 88.4 Å². The molecule has 0 spiro atoms. The third-order valence-corrected chi connectivity index (χ3v) is 10.2. The molecule has 1 saturated heterocycles. The molecule has 0 unspecified atom stereocenters. The van der Waals surface area contributed by atoms with Crippen LogP contribution in [-0.4, -0.2) is 40.8 Å². The predicted octanol–water partition coefficient (Wildman–Crippen LogP) is -1.27. The van der Waals surface area contributed by atoms with Crippen LogP contribution >= 0.6 is 0 Å². The fraction of sp³-hybridized carbons (Fsp3) is 1.00. The summed E-state index contributed by atoms with van der Waals surface area (Å²) >= 11 is 0. The first-order chi connectivity index (χ1) is 5.12. The van der Waals surface area contributed by atoms with Crippen molar-refractivity contribution in [1.29, 1.82) is 0 Å². The monoisotopic (exact) mass is 228 g/mol. The van der Waals surface area contributed by atoms with Gasteiger partial charge in [-0.2, -0.15) is 0 Å². The minimum absolute atomic E-state index is 1.33. The van der Waals surface area contributed by atoms with E-state index in [0.717, 1.165) is 0 Å². The molecule has 0 bridgehead atoms. The first-order valence-corrected chi connectivity index (χ1v) is 10.2. The third kappa shape index (κ3) is 2.72. The molecule has 0 aliphatic carbocycles. The van der Waals surface area contributed by atoms with Crippen LogP contribution in [-0.2, 0) is 12.3 Å². The lowest BCUT2D eigenvalue weighted by molar-refractivity contribution is 0.0790. The van der Waals surface area contributed by atoms with E-state index in [9.17, 15) is 14.4 Å². The zero-order valence-corrected chi connectivity index (χ0v) is 10.1. The number of rotatable bonds is 0. The van der Waals surface area contributed by atoms with Gasteiger partial charge in [0.05, 0.1) is 0 Å². The molecular formula is C3H12O6Si3. The Kier molecular flexibility index (Phi) is 2.36. The maximum atomic E-state index is 9.41. The molecule has 0 amide bonds. The smallest absolute Gasteiger partial charge is 0.391 e. The average Bonchev–Trinajstić information content (AvgIpc) is 1.44. The van der Waals surface area contributed by atoms with Crippen molar-refractivity contribution in [2.75, 3.05) is 0 Å². The lowest BCUT2D eigenvalue weighted by Gasteiger charge is -2.40. The molecule has 0 saturated carbocycles. The van der Waals surface area contributed by atoms with E-state index >= 15 is 0 Å². The van der Waals surface area contributed by atoms with Crippen molar-refractivity contribution < 1.29 is 26.7 Å². The Labute approximate surface area is 73.4 Å². The van der Waals surface area contributed by atoms with E-state index in [4.69, 9.17) is 12.3 Å². The molecule has 3 N–H and O–H groups in total. The second kappa shape index (κ2) is 2.70. The Bertz CT molecular complexity index is 145. The SMILES string of the molecule is C[Si]1(O)O[Si](C)(O)O[Si](C)(O)O1. The van der Waals surface area contributed by atoms with Crippen molar-refractivity contribution in [2.24, 2.45) is 0 Å². The van der Waals surface area contributed by atoms with Gasteiger partial charge >= 0.3 is 26.4 Å². The lowest BCUT2D eigenvalue weighted by atomic mass is 11.9. The standard InChI is InChI=1S/C3H12O6Si3/c1-10(4)7-11(2,5)9-12(3,6)8-10/h4-6H,1-3H3. The molecule has 6 nitrogen and oxygen atoms in total. The molecule has 12 heavy (non-hydrogen) atoms. The minimum atomic E-state index is -3.36. The highest BCUT2D eigenvalue weighted by molar-refractivity contribution is 6.86. The highest BCUT2D eigenvalue weighted by atomic mass is 28.5. The van der Waals surface area contributed by atoms with Gasteiger partial charge in [0.1, 0.15) is 0 Å². The maximum Gasteiger partial charge on any atom is 0.480 e. The summed E-state index contributed by atoms with van der Waals surface area (Å²) < 4.78 is 14.4. The molecule has 1 heterocycles. The first kappa shape index (κ1) is 10.5. The zero-order valence-electron chi connectivity index (χ0n) is 7.07. The molecule has 1 rings (SSSR count). The van der Waals surface area contributed by atoms with E-state index in [1.54, 1.807) is 0 Å². The molecule has 0 aromatic carbocycles. The van der Waals surface area contributed by atoms with Gasteiger partial charge in [0.25, 0.3) is 0 Å². The van der Waals surface area contributed by atoms with Gasteiger partial charge in [-0.15, -0.1) is 0 Å². The minimum Gasteiger partial charge on any atom is -0.391 e. The number of hydrogen-bond donors (Lipinski definition) is 3. The molecular weight excluding hydrogens is 216 g/mol. The van der Waals surface area contributed by atoms with Crippen molar-refractivity contribution >= 4 is 26.4 Å². The van der Waals surface area contributed by atoms with Crippen molar-refractivity contribution in [3.8, 4) is 0 Å². The van der Waals surface area contributed by atoms with Crippen LogP contribution in [0.1, 0.15) is 0 Å². The molecule has 0 aromatic heterocycles. The van der Waals surface area contributed by atoms with Crippen LogP contribution in [0.5, 0.6) is 0 Å². The van der Waals surface area contributed by atoms with Gasteiger partial charge in [-0.25, -0.2) is 0 Å². The van der Waals surface area contributed by atoms with Crippen molar-refractivity contribution in [3.63, 3.8) is 0 Å². The van der Waals surface area contributed by atoms with E-state index in [0.29, 0.717) is 0 Å². The van der Waals surface area contributed by atoms with Crippen LogP contribution in [0, 0.1) is 0 Å². The van der Waals surface area contributed by atoms with Gasteiger partial charge in [-0.05, 0) is 0 Å². The summed E-state index contributed by atoms with van der Waals surface area (Å²) in [5.74, 6) is 0. The van der Waals surface area contributed by atoms with Gasteiger partial charge in [0.15, 0.2) is 0 Å². The van der Waals surface area contributed by atoms with E-state index in [2.05, 4.69) is 0 Å². The third-order valence-electron chi connectivity index (χ3n) is 1.14. The van der Waals surface area contributed by atoms with Crippen molar-refractivity contribution in [2.45, 2.75) is 19.6 Å². The second-order valence-electron chi connectivity index (χ2n) is 3.00. The quantitative estimate of drug-likeness (QED) is 0.448. The summed E-state index contributed by atoms with van der Waals surface area (Å²) in [6.45, 7) is 4.00. The molecule has 72 valence electrons. The van der Waals surface area contributed by atoms with Crippen LogP contribution in [0.25, 0.3) is 0 Å². The van der Waals surface area contributed by atoms with Gasteiger partial charge in [-0.1, -0.05) is 0 Å². The summed E-state index contributed by atoms with van der Waals surface area (Å²) in [6, 6.07) is 0. The Hall–Kier alpha value is 0.411. The van der Waals surface area contributed by atoms with Gasteiger partial charge in [0, 0.05) is 19.6 Å². The molecule has 9 heteroatoms. The van der Waals surface area contributed by atoms with Crippen LogP contribution in [0.3, 0.4) is 0 Å². The van der Waals surface area contributed by atoms with Gasteiger partial charge in [0.2, 0.25) is 0 Å². The molecule has 0 radical (unpaired) electrons. The number of hydrogen-bond acceptors (Lipinski definition) is 6. The Morgan fingerprint density at radius 1 is 0.667 bits per heavy atom. The van der Waals surface area contributed by atoms with E-state index in [1.807, 2.05) is 0 Å². The van der Waals surface area contributed by atoms with Crippen molar-refractivity contribution in [3.05, 3.63) is 0 Å². The highest BCUT2D eigenvalue weighted by Gasteiger charge is 2.57. The zero-order chi connectivity index (χ0) is 9.62. The van der Waals surface area contributed by atoms with Crippen LogP contribution < -0.4 is 0 Å². The summed E-state index contributed by atoms with van der Waals surface area (Å²) in [7, 11) is -10.1. The highest BCUT2D eigenvalue weighted by Crippen LogP contribution is 2.25. The lowest BCUT2D eigenvalue weighted by Crippen LogP contribution is -2.68. The Balaban J connectivity index is 2.81. The Morgan fingerprint density at radius 3 is 1.00 bits per heavy atom. The van der Waals surface area contributed by atoms with Crippen LogP contribution in [0.4, 0.5) is 0 Å². The molecule has 1 aliphatic rings. The second-order valence-corrected chi connectivity index (χ2v) is 10.8. The van der Waals surface area contributed by atoms with Crippen LogP contribution in [0.15, 0.2) is 0 Å². The largest absolute Gasteiger partial charge is 0.480 e. The average molecular weight is 228 g/mol. The molecule has 1 aliphatic heterocycles. The fourth-order valence-corrected chi connectivity index (χ4v) is 11.2. The summed E-state index contributed by atoms with van der Waals surface area (Å²) in [4.78, 5) is 28.2. The van der Waals surface area contributed by atoms with E-state index in [1.165, 1.54) is 19.6 Å². The van der Waals surface area contributed by atoms with E-state index in [-0.39, 0.29) is 0 Å². The summed E-state index contributed by atoms with van der Waals surface area (Å²) in [6.07, 6.45) is 0. The maximum absolute atomic E-state index is 9.41. The van der Waals surface area contributed by atoms with Crippen molar-refractivity contribution in [1.82, 2.24) is 0 Å². The van der Waals surface area contributed by atoms with E-state index < -0.39 is 26.4 Å². The Morgan fingerprint density at radius 2 is 0.833 bits per heavy atom.